The van der Waals surface area contributed by atoms with Gasteiger partial charge in [0.05, 0.1) is 11.7 Å². The predicted molar refractivity (Wildman–Crippen MR) is 77.3 cm³/mol. The van der Waals surface area contributed by atoms with E-state index in [1.807, 2.05) is 31.2 Å². The molecule has 2 N–H and O–H groups in total. The molecule has 2 aromatic rings. The molecule has 4 nitrogen and oxygen atoms in total. The van der Waals surface area contributed by atoms with Crippen molar-refractivity contribution in [2.75, 3.05) is 5.32 Å². The van der Waals surface area contributed by atoms with Gasteiger partial charge in [-0.25, -0.2) is 9.78 Å². The fraction of sp³-hybridized carbons (Fsp3) is 0.231. The average Bonchev–Trinajstić information content (AvgIpc) is 2.71. The Kier molecular flexibility index (Phi) is 4.07. The SMILES string of the molecule is Cc1nc(N[C@H](C)c2ccc(Cl)cc2)sc1C(=O)O. The number of rotatable bonds is 4. The summed E-state index contributed by atoms with van der Waals surface area (Å²) < 4.78 is 0. The number of hydrogen-bond acceptors (Lipinski definition) is 4. The van der Waals surface area contributed by atoms with Gasteiger partial charge < -0.3 is 10.4 Å². The molecule has 6 heteroatoms. The zero-order chi connectivity index (χ0) is 14.0. The molecule has 0 saturated heterocycles. The third-order valence-corrected chi connectivity index (χ3v) is 4.03. The summed E-state index contributed by atoms with van der Waals surface area (Å²) in [7, 11) is 0. The van der Waals surface area contributed by atoms with Crippen LogP contribution in [0.5, 0.6) is 0 Å². The zero-order valence-electron chi connectivity index (χ0n) is 10.5. The summed E-state index contributed by atoms with van der Waals surface area (Å²) in [4.78, 5) is 15.4. The number of benzene rings is 1. The van der Waals surface area contributed by atoms with Gasteiger partial charge in [-0.1, -0.05) is 35.1 Å². The smallest absolute Gasteiger partial charge is 0.347 e. The van der Waals surface area contributed by atoms with Crippen LogP contribution < -0.4 is 5.32 Å². The molecule has 0 bridgehead atoms. The molecule has 100 valence electrons. The summed E-state index contributed by atoms with van der Waals surface area (Å²) >= 11 is 6.99. The number of thiazole rings is 1. The Bertz CT molecular complexity index is 595. The van der Waals surface area contributed by atoms with Gasteiger partial charge in [0.15, 0.2) is 5.13 Å². The minimum absolute atomic E-state index is 0.0319. The molecular formula is C13H13ClN2O2S. The molecule has 1 heterocycles. The predicted octanol–water partition coefficient (Wildman–Crippen LogP) is 3.98. The molecule has 1 aromatic heterocycles. The van der Waals surface area contributed by atoms with Crippen LogP contribution in [0, 0.1) is 6.92 Å². The highest BCUT2D eigenvalue weighted by Crippen LogP contribution is 2.26. The summed E-state index contributed by atoms with van der Waals surface area (Å²) in [5.41, 5.74) is 1.59. The largest absolute Gasteiger partial charge is 0.477 e. The molecule has 0 aliphatic heterocycles. The minimum Gasteiger partial charge on any atom is -0.477 e. The van der Waals surface area contributed by atoms with Crippen molar-refractivity contribution >= 4 is 34.0 Å². The maximum absolute atomic E-state index is 11.0. The lowest BCUT2D eigenvalue weighted by molar-refractivity contribution is 0.0701. The van der Waals surface area contributed by atoms with E-state index in [9.17, 15) is 4.79 Å². The summed E-state index contributed by atoms with van der Waals surface area (Å²) in [5, 5.41) is 13.5. The maximum atomic E-state index is 11.0. The summed E-state index contributed by atoms with van der Waals surface area (Å²) in [6, 6.07) is 7.54. The molecule has 1 aromatic carbocycles. The first-order chi connectivity index (χ1) is 8.97. The highest BCUT2D eigenvalue weighted by atomic mass is 35.5. The molecule has 0 fully saturated rings. The Hall–Kier alpha value is -1.59. The number of aromatic carboxylic acids is 1. The fourth-order valence-corrected chi connectivity index (χ4v) is 2.69. The van der Waals surface area contributed by atoms with Crippen LogP contribution in [0.3, 0.4) is 0 Å². The summed E-state index contributed by atoms with van der Waals surface area (Å²) in [6.07, 6.45) is 0. The Morgan fingerprint density at radius 3 is 2.58 bits per heavy atom. The second kappa shape index (κ2) is 5.59. The first kappa shape index (κ1) is 13.8. The number of carboxylic acids is 1. The van der Waals surface area contributed by atoms with Gasteiger partial charge in [-0.2, -0.15) is 0 Å². The van der Waals surface area contributed by atoms with Crippen LogP contribution in [0.2, 0.25) is 5.02 Å². The van der Waals surface area contributed by atoms with Crippen LogP contribution in [0.1, 0.15) is 33.9 Å². The van der Waals surface area contributed by atoms with Gasteiger partial charge in [0, 0.05) is 5.02 Å². The third kappa shape index (κ3) is 3.24. The number of aryl methyl sites for hydroxylation is 1. The first-order valence-electron chi connectivity index (χ1n) is 5.70. The number of nitrogens with zero attached hydrogens (tertiary/aromatic N) is 1. The standard InChI is InChI=1S/C13H13ClN2O2S/c1-7(9-3-5-10(14)6-4-9)15-13-16-8(2)11(19-13)12(17)18/h3-7H,1-2H3,(H,15,16)(H,17,18)/t7-/m1/s1. The van der Waals surface area contributed by atoms with Crippen molar-refractivity contribution in [1.29, 1.82) is 0 Å². The van der Waals surface area contributed by atoms with Crippen LogP contribution in [0.25, 0.3) is 0 Å². The Labute approximate surface area is 120 Å². The average molecular weight is 297 g/mol. The lowest BCUT2D eigenvalue weighted by atomic mass is 10.1. The van der Waals surface area contributed by atoms with E-state index in [1.54, 1.807) is 6.92 Å². The second-order valence-electron chi connectivity index (χ2n) is 4.16. The molecule has 0 spiro atoms. The number of hydrogen-bond donors (Lipinski definition) is 2. The van der Waals surface area contributed by atoms with Gasteiger partial charge in [-0.3, -0.25) is 0 Å². The van der Waals surface area contributed by atoms with Crippen molar-refractivity contribution < 1.29 is 9.90 Å². The summed E-state index contributed by atoms with van der Waals surface area (Å²) in [5.74, 6) is -0.942. The summed E-state index contributed by atoms with van der Waals surface area (Å²) in [6.45, 7) is 3.68. The minimum atomic E-state index is -0.942. The molecule has 0 unspecified atom stereocenters. The van der Waals surface area contributed by atoms with Gasteiger partial charge in [0.25, 0.3) is 0 Å². The molecule has 0 aliphatic rings. The molecule has 0 saturated carbocycles. The van der Waals surface area contributed by atoms with Gasteiger partial charge in [0.1, 0.15) is 4.88 Å². The van der Waals surface area contributed by atoms with Crippen molar-refractivity contribution in [3.63, 3.8) is 0 Å². The highest BCUT2D eigenvalue weighted by molar-refractivity contribution is 7.17. The van der Waals surface area contributed by atoms with E-state index in [0.29, 0.717) is 15.8 Å². The molecule has 19 heavy (non-hydrogen) atoms. The Morgan fingerprint density at radius 1 is 1.42 bits per heavy atom. The normalized spacial score (nSPS) is 12.2. The Morgan fingerprint density at radius 2 is 2.05 bits per heavy atom. The van der Waals surface area contributed by atoms with Crippen molar-refractivity contribution in [3.05, 3.63) is 45.4 Å². The van der Waals surface area contributed by atoms with Crippen molar-refractivity contribution in [2.45, 2.75) is 19.9 Å². The van der Waals surface area contributed by atoms with E-state index in [2.05, 4.69) is 10.3 Å². The zero-order valence-corrected chi connectivity index (χ0v) is 12.0. The van der Waals surface area contributed by atoms with Crippen LogP contribution >= 0.6 is 22.9 Å². The number of aromatic nitrogens is 1. The van der Waals surface area contributed by atoms with E-state index < -0.39 is 5.97 Å². The topological polar surface area (TPSA) is 62.2 Å². The van der Waals surface area contributed by atoms with Crippen molar-refractivity contribution in [3.8, 4) is 0 Å². The quantitative estimate of drug-likeness (QED) is 0.896. The van der Waals surface area contributed by atoms with Crippen LogP contribution in [-0.2, 0) is 0 Å². The van der Waals surface area contributed by atoms with E-state index in [-0.39, 0.29) is 10.9 Å². The van der Waals surface area contributed by atoms with E-state index in [0.717, 1.165) is 16.9 Å². The number of carboxylic acid groups (broad SMARTS) is 1. The molecule has 0 radical (unpaired) electrons. The molecule has 0 amide bonds. The van der Waals surface area contributed by atoms with Crippen molar-refractivity contribution in [2.24, 2.45) is 0 Å². The monoisotopic (exact) mass is 296 g/mol. The maximum Gasteiger partial charge on any atom is 0.347 e. The van der Waals surface area contributed by atoms with Gasteiger partial charge in [0.2, 0.25) is 0 Å². The van der Waals surface area contributed by atoms with Crippen molar-refractivity contribution in [1.82, 2.24) is 4.98 Å². The highest BCUT2D eigenvalue weighted by Gasteiger charge is 2.15. The van der Waals surface area contributed by atoms with E-state index in [4.69, 9.17) is 16.7 Å². The van der Waals surface area contributed by atoms with E-state index in [1.165, 1.54) is 0 Å². The molecule has 2 rings (SSSR count). The number of nitrogens with one attached hydrogen (secondary N) is 1. The van der Waals surface area contributed by atoms with E-state index >= 15 is 0 Å². The van der Waals surface area contributed by atoms with Crippen LogP contribution in [-0.4, -0.2) is 16.1 Å². The number of carbonyl (C=O) groups is 1. The number of halogens is 1. The fourth-order valence-electron chi connectivity index (χ4n) is 1.68. The third-order valence-electron chi connectivity index (χ3n) is 2.70. The lowest BCUT2D eigenvalue weighted by Crippen LogP contribution is -2.05. The van der Waals surface area contributed by atoms with Crippen LogP contribution in [0.4, 0.5) is 5.13 Å². The number of anilines is 1. The van der Waals surface area contributed by atoms with Crippen LogP contribution in [0.15, 0.2) is 24.3 Å². The van der Waals surface area contributed by atoms with Gasteiger partial charge in [-0.15, -0.1) is 0 Å². The first-order valence-corrected chi connectivity index (χ1v) is 6.89. The van der Waals surface area contributed by atoms with Gasteiger partial charge >= 0.3 is 5.97 Å². The Balaban J connectivity index is 2.14. The lowest BCUT2D eigenvalue weighted by Gasteiger charge is -2.13. The second-order valence-corrected chi connectivity index (χ2v) is 5.59. The van der Waals surface area contributed by atoms with Gasteiger partial charge in [-0.05, 0) is 31.5 Å². The molecule has 0 aliphatic carbocycles. The molecular weight excluding hydrogens is 284 g/mol. The molecule has 1 atom stereocenters.